The molecule has 1 amide bonds. The Labute approximate surface area is 194 Å². The van der Waals surface area contributed by atoms with Gasteiger partial charge in [0.2, 0.25) is 5.91 Å². The maximum atomic E-state index is 12.5. The van der Waals surface area contributed by atoms with Crippen LogP contribution in [0.3, 0.4) is 0 Å². The van der Waals surface area contributed by atoms with Gasteiger partial charge >= 0.3 is 0 Å². The van der Waals surface area contributed by atoms with E-state index in [0.29, 0.717) is 28.2 Å². The number of furan rings is 1. The van der Waals surface area contributed by atoms with E-state index >= 15 is 0 Å². The molecule has 0 aliphatic rings. The van der Waals surface area contributed by atoms with Gasteiger partial charge in [0, 0.05) is 5.56 Å². The van der Waals surface area contributed by atoms with Crippen molar-refractivity contribution in [2.24, 2.45) is 0 Å². The second kappa shape index (κ2) is 9.93. The molecular weight excluding hydrogens is 448 g/mol. The lowest BCUT2D eigenvalue weighted by Crippen LogP contribution is -2.15. The van der Waals surface area contributed by atoms with Crippen LogP contribution in [0.15, 0.2) is 70.4 Å². The number of halogens is 1. The van der Waals surface area contributed by atoms with Gasteiger partial charge in [0.05, 0.1) is 36.4 Å². The number of hydrogen-bond acceptors (Lipinski definition) is 6. The molecule has 32 heavy (non-hydrogen) atoms. The largest absolute Gasteiger partial charge is 0.497 e. The number of aryl methyl sites for hydroxylation is 1. The number of carbonyl (C=O) groups is 1. The summed E-state index contributed by atoms with van der Waals surface area (Å²) in [7, 11) is 1.62. The number of carbonyl (C=O) groups excluding carboxylic acids is 1. The first-order chi connectivity index (χ1) is 15.5. The molecule has 0 aliphatic heterocycles. The molecular formula is C23H21ClN4O3S. The van der Waals surface area contributed by atoms with Crippen molar-refractivity contribution >= 4 is 35.0 Å². The number of anilines is 1. The number of rotatable bonds is 8. The number of nitrogens with one attached hydrogen (secondary N) is 1. The van der Waals surface area contributed by atoms with Crippen molar-refractivity contribution in [1.82, 2.24) is 14.8 Å². The molecule has 7 nitrogen and oxygen atoms in total. The Morgan fingerprint density at radius 3 is 2.81 bits per heavy atom. The molecule has 0 bridgehead atoms. The highest BCUT2D eigenvalue weighted by atomic mass is 35.5. The summed E-state index contributed by atoms with van der Waals surface area (Å²) in [5.74, 6) is 2.10. The number of aromatic nitrogens is 3. The fourth-order valence-corrected chi connectivity index (χ4v) is 4.13. The molecule has 0 unspecified atom stereocenters. The van der Waals surface area contributed by atoms with Crippen LogP contribution in [0, 0.1) is 6.92 Å². The Morgan fingerprint density at radius 1 is 1.19 bits per heavy atom. The highest BCUT2D eigenvalue weighted by Gasteiger charge is 2.18. The maximum absolute atomic E-state index is 12.5. The molecule has 0 saturated heterocycles. The SMILES string of the molecule is COc1cccc(-c2nnc(SCC(=O)Nc3ccc(C)cc3Cl)n2Cc2ccco2)c1. The van der Waals surface area contributed by atoms with Crippen LogP contribution in [0.1, 0.15) is 11.3 Å². The van der Waals surface area contributed by atoms with Gasteiger partial charge in [-0.3, -0.25) is 9.36 Å². The predicted octanol–water partition coefficient (Wildman–Crippen LogP) is 5.29. The molecule has 0 radical (unpaired) electrons. The monoisotopic (exact) mass is 468 g/mol. The van der Waals surface area contributed by atoms with Crippen LogP contribution < -0.4 is 10.1 Å². The van der Waals surface area contributed by atoms with Gasteiger partial charge in [-0.25, -0.2) is 0 Å². The van der Waals surface area contributed by atoms with Crippen molar-refractivity contribution in [1.29, 1.82) is 0 Å². The molecule has 0 spiro atoms. The van der Waals surface area contributed by atoms with Gasteiger partial charge in [0.1, 0.15) is 11.5 Å². The fourth-order valence-electron chi connectivity index (χ4n) is 3.11. The minimum atomic E-state index is -0.184. The topological polar surface area (TPSA) is 82.2 Å². The smallest absolute Gasteiger partial charge is 0.234 e. The predicted molar refractivity (Wildman–Crippen MR) is 125 cm³/mol. The van der Waals surface area contributed by atoms with E-state index < -0.39 is 0 Å². The van der Waals surface area contributed by atoms with E-state index in [0.717, 1.165) is 22.6 Å². The van der Waals surface area contributed by atoms with E-state index in [-0.39, 0.29) is 11.7 Å². The van der Waals surface area contributed by atoms with Crippen molar-refractivity contribution in [3.63, 3.8) is 0 Å². The van der Waals surface area contributed by atoms with Gasteiger partial charge in [-0.2, -0.15) is 0 Å². The molecule has 2 heterocycles. The Morgan fingerprint density at radius 2 is 2.06 bits per heavy atom. The zero-order valence-corrected chi connectivity index (χ0v) is 19.1. The molecule has 4 rings (SSSR count). The summed E-state index contributed by atoms with van der Waals surface area (Å²) in [5, 5.41) is 12.6. The van der Waals surface area contributed by atoms with E-state index in [1.807, 2.05) is 60.0 Å². The lowest BCUT2D eigenvalue weighted by molar-refractivity contribution is -0.113. The van der Waals surface area contributed by atoms with Gasteiger partial charge in [0.15, 0.2) is 11.0 Å². The number of ether oxygens (including phenoxy) is 1. The van der Waals surface area contributed by atoms with Gasteiger partial charge in [0.25, 0.3) is 0 Å². The van der Waals surface area contributed by atoms with Crippen molar-refractivity contribution in [3.05, 3.63) is 77.2 Å². The van der Waals surface area contributed by atoms with Crippen LogP contribution in [-0.2, 0) is 11.3 Å². The van der Waals surface area contributed by atoms with Crippen LogP contribution >= 0.6 is 23.4 Å². The number of thioether (sulfide) groups is 1. The third-order valence-electron chi connectivity index (χ3n) is 4.67. The van der Waals surface area contributed by atoms with Gasteiger partial charge in [-0.05, 0) is 48.9 Å². The lowest BCUT2D eigenvalue weighted by Gasteiger charge is -2.10. The zero-order chi connectivity index (χ0) is 22.5. The summed E-state index contributed by atoms with van der Waals surface area (Å²) in [6.45, 7) is 2.37. The quantitative estimate of drug-likeness (QED) is 0.354. The highest BCUT2D eigenvalue weighted by molar-refractivity contribution is 7.99. The molecule has 9 heteroatoms. The number of amides is 1. The van der Waals surface area contributed by atoms with Gasteiger partial charge in [-0.1, -0.05) is 41.6 Å². The third-order valence-corrected chi connectivity index (χ3v) is 5.95. The summed E-state index contributed by atoms with van der Waals surface area (Å²) in [4.78, 5) is 12.5. The van der Waals surface area contributed by atoms with Crippen LogP contribution in [0.2, 0.25) is 5.02 Å². The van der Waals surface area contributed by atoms with Crippen LogP contribution in [-0.4, -0.2) is 33.5 Å². The van der Waals surface area contributed by atoms with Crippen molar-refractivity contribution in [3.8, 4) is 17.1 Å². The Balaban J connectivity index is 1.55. The third kappa shape index (κ3) is 5.15. The van der Waals surface area contributed by atoms with Crippen molar-refractivity contribution in [2.75, 3.05) is 18.2 Å². The van der Waals surface area contributed by atoms with Gasteiger partial charge in [-0.15, -0.1) is 10.2 Å². The van der Waals surface area contributed by atoms with Crippen LogP contribution in [0.4, 0.5) is 5.69 Å². The molecule has 0 aliphatic carbocycles. The second-order valence-corrected chi connectivity index (χ2v) is 8.37. The van der Waals surface area contributed by atoms with Crippen molar-refractivity contribution in [2.45, 2.75) is 18.6 Å². The van der Waals surface area contributed by atoms with E-state index in [9.17, 15) is 4.79 Å². The molecule has 4 aromatic rings. The first-order valence-corrected chi connectivity index (χ1v) is 11.2. The van der Waals surface area contributed by atoms with Gasteiger partial charge < -0.3 is 14.5 Å². The Kier molecular flexibility index (Phi) is 6.82. The van der Waals surface area contributed by atoms with E-state index in [1.54, 1.807) is 19.4 Å². The normalized spacial score (nSPS) is 10.8. The zero-order valence-electron chi connectivity index (χ0n) is 17.5. The van der Waals surface area contributed by atoms with Crippen LogP contribution in [0.5, 0.6) is 5.75 Å². The Bertz CT molecular complexity index is 1220. The molecule has 2 aromatic carbocycles. The summed E-state index contributed by atoms with van der Waals surface area (Å²) < 4.78 is 12.8. The van der Waals surface area contributed by atoms with Crippen molar-refractivity contribution < 1.29 is 13.9 Å². The number of benzene rings is 2. The number of nitrogens with zero attached hydrogens (tertiary/aromatic N) is 3. The standard InChI is InChI=1S/C23H21ClN4O3S/c1-15-8-9-20(19(24)11-15)25-21(29)14-32-23-27-26-22(16-5-3-6-17(12-16)30-2)28(23)13-18-7-4-10-31-18/h3-12H,13-14H2,1-2H3,(H,25,29). The second-order valence-electron chi connectivity index (χ2n) is 7.02. The molecule has 0 fully saturated rings. The summed E-state index contributed by atoms with van der Waals surface area (Å²) in [6, 6.07) is 16.8. The van der Waals surface area contributed by atoms with E-state index in [4.69, 9.17) is 20.8 Å². The summed E-state index contributed by atoms with van der Waals surface area (Å²) in [6.07, 6.45) is 1.62. The van der Waals surface area contributed by atoms with Crippen LogP contribution in [0.25, 0.3) is 11.4 Å². The van der Waals surface area contributed by atoms with E-state index in [1.165, 1.54) is 11.8 Å². The minimum Gasteiger partial charge on any atom is -0.497 e. The first kappa shape index (κ1) is 22.0. The summed E-state index contributed by atoms with van der Waals surface area (Å²) in [5.41, 5.74) is 2.46. The molecule has 0 saturated carbocycles. The summed E-state index contributed by atoms with van der Waals surface area (Å²) >= 11 is 7.51. The maximum Gasteiger partial charge on any atom is 0.234 e. The number of hydrogen-bond donors (Lipinski definition) is 1. The minimum absolute atomic E-state index is 0.151. The molecule has 0 atom stereocenters. The molecule has 164 valence electrons. The average molecular weight is 469 g/mol. The highest BCUT2D eigenvalue weighted by Crippen LogP contribution is 2.28. The van der Waals surface area contributed by atoms with E-state index in [2.05, 4.69) is 15.5 Å². The number of methoxy groups -OCH3 is 1. The fraction of sp³-hybridized carbons (Fsp3) is 0.174. The Hall–Kier alpha value is -3.23. The molecule has 2 aromatic heterocycles. The first-order valence-electron chi connectivity index (χ1n) is 9.82. The molecule has 1 N–H and O–H groups in total. The lowest BCUT2D eigenvalue weighted by atomic mass is 10.2. The average Bonchev–Trinajstić information content (AvgIpc) is 3.45.